The SMILES string of the molecule is CC.COC(=O)CCC1=CC(c2c(O)c3c(c(C)c2OC)COC3=O)CC1. The Hall–Kier alpha value is -2.50. The first-order chi connectivity index (χ1) is 13.0. The van der Waals surface area contributed by atoms with Crippen molar-refractivity contribution in [3.05, 3.63) is 33.9 Å². The van der Waals surface area contributed by atoms with Crippen molar-refractivity contribution in [2.75, 3.05) is 14.2 Å². The van der Waals surface area contributed by atoms with Crippen LogP contribution in [0, 0.1) is 6.92 Å². The van der Waals surface area contributed by atoms with Crippen molar-refractivity contribution in [2.24, 2.45) is 0 Å². The summed E-state index contributed by atoms with van der Waals surface area (Å²) >= 11 is 0. The molecule has 0 amide bonds. The minimum atomic E-state index is -0.493. The molecule has 3 rings (SSSR count). The van der Waals surface area contributed by atoms with E-state index in [9.17, 15) is 14.7 Å². The second kappa shape index (κ2) is 8.93. The Morgan fingerprint density at radius 3 is 2.67 bits per heavy atom. The number of phenols is 1. The molecule has 1 aliphatic heterocycles. The van der Waals surface area contributed by atoms with Crippen LogP contribution in [0.1, 0.15) is 72.5 Å². The highest BCUT2D eigenvalue weighted by molar-refractivity contribution is 5.98. The summed E-state index contributed by atoms with van der Waals surface area (Å²) in [5, 5.41) is 10.7. The van der Waals surface area contributed by atoms with Crippen LogP contribution in [0.3, 0.4) is 0 Å². The molecule has 1 atom stereocenters. The van der Waals surface area contributed by atoms with Crippen molar-refractivity contribution in [2.45, 2.75) is 59.0 Å². The van der Waals surface area contributed by atoms with Gasteiger partial charge in [0, 0.05) is 23.5 Å². The molecule has 1 aliphatic carbocycles. The highest BCUT2D eigenvalue weighted by atomic mass is 16.5. The molecule has 0 radical (unpaired) electrons. The fourth-order valence-electron chi connectivity index (χ4n) is 3.72. The van der Waals surface area contributed by atoms with Gasteiger partial charge in [-0.2, -0.15) is 0 Å². The van der Waals surface area contributed by atoms with Crippen LogP contribution in [-0.2, 0) is 20.9 Å². The van der Waals surface area contributed by atoms with Crippen molar-refractivity contribution in [3.8, 4) is 11.5 Å². The minimum Gasteiger partial charge on any atom is -0.507 e. The Morgan fingerprint density at radius 2 is 2.04 bits per heavy atom. The summed E-state index contributed by atoms with van der Waals surface area (Å²) < 4.78 is 15.3. The number of aromatic hydroxyl groups is 1. The number of hydrogen-bond acceptors (Lipinski definition) is 6. The molecule has 1 unspecified atom stereocenters. The van der Waals surface area contributed by atoms with Gasteiger partial charge in [0.1, 0.15) is 23.7 Å². The lowest BCUT2D eigenvalue weighted by atomic mass is 9.89. The zero-order valence-electron chi connectivity index (χ0n) is 16.7. The van der Waals surface area contributed by atoms with Crippen molar-refractivity contribution in [1.29, 1.82) is 0 Å². The zero-order valence-corrected chi connectivity index (χ0v) is 16.7. The molecule has 0 saturated carbocycles. The fraction of sp³-hybridized carbons (Fsp3) is 0.524. The van der Waals surface area contributed by atoms with Crippen LogP contribution >= 0.6 is 0 Å². The first-order valence-electron chi connectivity index (χ1n) is 9.33. The number of fused-ring (bicyclic) bond motifs is 1. The van der Waals surface area contributed by atoms with Gasteiger partial charge >= 0.3 is 11.9 Å². The average Bonchev–Trinajstić information content (AvgIpc) is 3.31. The fourth-order valence-corrected chi connectivity index (χ4v) is 3.72. The quantitative estimate of drug-likeness (QED) is 0.614. The average molecular weight is 376 g/mol. The summed E-state index contributed by atoms with van der Waals surface area (Å²) in [4.78, 5) is 23.3. The van der Waals surface area contributed by atoms with E-state index in [1.54, 1.807) is 7.11 Å². The lowest BCUT2D eigenvalue weighted by Crippen LogP contribution is -2.05. The van der Waals surface area contributed by atoms with Crippen LogP contribution in [0.5, 0.6) is 11.5 Å². The molecular weight excluding hydrogens is 348 g/mol. The zero-order chi connectivity index (χ0) is 20.1. The molecule has 2 aliphatic rings. The van der Waals surface area contributed by atoms with Gasteiger partial charge in [-0.3, -0.25) is 4.79 Å². The standard InChI is InChI=1S/C19H22O6.C2H6/c1-10-13-9-25-19(22)16(13)17(21)15(18(10)24-3)12-6-4-11(8-12)5-7-14(20)23-2;1-2/h8,12,21H,4-7,9H2,1-3H3;1-2H3. The van der Waals surface area contributed by atoms with Gasteiger partial charge in [-0.05, 0) is 31.7 Å². The van der Waals surface area contributed by atoms with E-state index in [2.05, 4.69) is 10.8 Å². The van der Waals surface area contributed by atoms with Gasteiger partial charge in [0.2, 0.25) is 0 Å². The maximum atomic E-state index is 12.0. The first-order valence-corrected chi connectivity index (χ1v) is 9.33. The minimum absolute atomic E-state index is 0.0459. The first kappa shape index (κ1) is 20.8. The number of benzene rings is 1. The number of methoxy groups -OCH3 is 2. The number of esters is 2. The number of cyclic esters (lactones) is 1. The summed E-state index contributed by atoms with van der Waals surface area (Å²) in [6, 6.07) is 0. The number of allylic oxidation sites excluding steroid dienone is 2. The molecule has 1 aromatic carbocycles. The van der Waals surface area contributed by atoms with Gasteiger partial charge in [0.05, 0.1) is 14.2 Å². The third-order valence-corrected chi connectivity index (χ3v) is 5.05. The molecule has 0 bridgehead atoms. The highest BCUT2D eigenvalue weighted by Crippen LogP contribution is 2.48. The maximum Gasteiger partial charge on any atom is 0.342 e. The molecule has 6 heteroatoms. The van der Waals surface area contributed by atoms with Crippen molar-refractivity contribution in [3.63, 3.8) is 0 Å². The predicted molar refractivity (Wildman–Crippen MR) is 101 cm³/mol. The molecule has 148 valence electrons. The molecule has 0 saturated heterocycles. The Morgan fingerprint density at radius 1 is 1.33 bits per heavy atom. The molecule has 0 aromatic heterocycles. The molecule has 6 nitrogen and oxygen atoms in total. The summed E-state index contributed by atoms with van der Waals surface area (Å²) in [6.07, 6.45) is 4.68. The smallest absolute Gasteiger partial charge is 0.342 e. The Balaban J connectivity index is 0.00000126. The van der Waals surface area contributed by atoms with E-state index in [0.29, 0.717) is 29.7 Å². The molecule has 0 spiro atoms. The Kier molecular flexibility index (Phi) is 6.88. The predicted octanol–water partition coefficient (Wildman–Crippen LogP) is 4.16. The topological polar surface area (TPSA) is 82.1 Å². The van der Waals surface area contributed by atoms with Crippen LogP contribution in [0.4, 0.5) is 0 Å². The second-order valence-corrected chi connectivity index (χ2v) is 6.40. The number of ether oxygens (including phenoxy) is 3. The summed E-state index contributed by atoms with van der Waals surface area (Å²) in [5.74, 6) is -0.228. The van der Waals surface area contributed by atoms with E-state index >= 15 is 0 Å². The molecule has 1 aromatic rings. The van der Waals surface area contributed by atoms with Gasteiger partial charge in [-0.25, -0.2) is 4.79 Å². The van der Waals surface area contributed by atoms with E-state index < -0.39 is 5.97 Å². The lowest BCUT2D eigenvalue weighted by Gasteiger charge is -2.19. The van der Waals surface area contributed by atoms with Crippen LogP contribution in [0.25, 0.3) is 0 Å². The molecule has 27 heavy (non-hydrogen) atoms. The lowest BCUT2D eigenvalue weighted by molar-refractivity contribution is -0.140. The summed E-state index contributed by atoms with van der Waals surface area (Å²) in [7, 11) is 2.94. The van der Waals surface area contributed by atoms with Gasteiger partial charge in [0.15, 0.2) is 0 Å². The van der Waals surface area contributed by atoms with Gasteiger partial charge in [-0.15, -0.1) is 0 Å². The molecule has 1 N–H and O–H groups in total. The highest BCUT2D eigenvalue weighted by Gasteiger charge is 2.35. The summed E-state index contributed by atoms with van der Waals surface area (Å²) in [5.41, 5.74) is 3.55. The molecular formula is C21H28O6. The third kappa shape index (κ3) is 3.94. The number of rotatable bonds is 5. The van der Waals surface area contributed by atoms with Crippen molar-refractivity contribution < 1.29 is 28.9 Å². The van der Waals surface area contributed by atoms with Crippen molar-refractivity contribution in [1.82, 2.24) is 0 Å². The van der Waals surface area contributed by atoms with Gasteiger partial charge in [0.25, 0.3) is 0 Å². The van der Waals surface area contributed by atoms with E-state index in [0.717, 1.165) is 24.0 Å². The van der Waals surface area contributed by atoms with Crippen LogP contribution in [-0.4, -0.2) is 31.3 Å². The third-order valence-electron chi connectivity index (χ3n) is 5.05. The van der Waals surface area contributed by atoms with Crippen LogP contribution in [0.2, 0.25) is 0 Å². The van der Waals surface area contributed by atoms with Crippen LogP contribution < -0.4 is 4.74 Å². The maximum absolute atomic E-state index is 12.0. The number of carbonyl (C=O) groups excluding carboxylic acids is 2. The van der Waals surface area contributed by atoms with E-state index in [1.165, 1.54) is 7.11 Å². The largest absolute Gasteiger partial charge is 0.507 e. The summed E-state index contributed by atoms with van der Waals surface area (Å²) in [6.45, 7) is 6.04. The normalized spacial score (nSPS) is 17.4. The Bertz CT molecular complexity index is 763. The monoisotopic (exact) mass is 376 g/mol. The number of phenolic OH excluding ortho intramolecular Hbond substituents is 1. The van der Waals surface area contributed by atoms with E-state index in [4.69, 9.17) is 9.47 Å². The number of carbonyl (C=O) groups is 2. The van der Waals surface area contributed by atoms with Gasteiger partial charge in [-0.1, -0.05) is 25.5 Å². The second-order valence-electron chi connectivity index (χ2n) is 6.40. The van der Waals surface area contributed by atoms with Gasteiger partial charge < -0.3 is 19.3 Å². The van der Waals surface area contributed by atoms with E-state index in [-0.39, 0.29) is 29.8 Å². The van der Waals surface area contributed by atoms with Crippen molar-refractivity contribution >= 4 is 11.9 Å². The number of hydrogen-bond donors (Lipinski definition) is 1. The molecule has 0 fully saturated rings. The van der Waals surface area contributed by atoms with Crippen LogP contribution in [0.15, 0.2) is 11.6 Å². The Labute approximate surface area is 160 Å². The molecule has 1 heterocycles. The van der Waals surface area contributed by atoms with E-state index in [1.807, 2.05) is 20.8 Å².